The lowest BCUT2D eigenvalue weighted by Crippen LogP contribution is -2.29. The molecule has 0 radical (unpaired) electrons. The van der Waals surface area contributed by atoms with Crippen molar-refractivity contribution in [3.63, 3.8) is 0 Å². The largest absolute Gasteiger partial charge is 0.355 e. The Hall–Kier alpha value is -3.68. The van der Waals surface area contributed by atoms with Gasteiger partial charge in [-0.2, -0.15) is 5.10 Å². The zero-order valence-electron chi connectivity index (χ0n) is 16.5. The third kappa shape index (κ3) is 3.41. The van der Waals surface area contributed by atoms with Crippen molar-refractivity contribution >= 4 is 27.9 Å². The first kappa shape index (κ1) is 18.4. The van der Waals surface area contributed by atoms with Gasteiger partial charge >= 0.3 is 0 Å². The van der Waals surface area contributed by atoms with Gasteiger partial charge < -0.3 is 4.90 Å². The Morgan fingerprint density at radius 1 is 1.17 bits per heavy atom. The van der Waals surface area contributed by atoms with E-state index in [0.717, 1.165) is 46.6 Å². The maximum absolute atomic E-state index is 13.2. The smallest absolute Gasteiger partial charge is 0.159 e. The lowest BCUT2D eigenvalue weighted by Gasteiger charge is -2.26. The first-order valence-corrected chi connectivity index (χ1v) is 9.91. The highest BCUT2D eigenvalue weighted by Gasteiger charge is 2.16. The molecule has 30 heavy (non-hydrogen) atoms. The number of H-pyrrole nitrogens is 1. The highest BCUT2D eigenvalue weighted by molar-refractivity contribution is 5.92. The molecule has 1 unspecified atom stereocenters. The van der Waals surface area contributed by atoms with Gasteiger partial charge in [0.15, 0.2) is 5.65 Å². The second-order valence-electron chi connectivity index (χ2n) is 7.27. The van der Waals surface area contributed by atoms with E-state index in [4.69, 9.17) is 4.98 Å². The zero-order valence-corrected chi connectivity index (χ0v) is 16.5. The minimum atomic E-state index is -0.160. The Labute approximate surface area is 172 Å². The number of nitrogens with one attached hydrogen (secondary N) is 1. The summed E-state index contributed by atoms with van der Waals surface area (Å²) in [6.07, 6.45) is 10.8. The van der Waals surface area contributed by atoms with Gasteiger partial charge in [-0.3, -0.25) is 10.1 Å². The molecule has 0 fully saturated rings. The molecular formula is C22H20FN7. The lowest BCUT2D eigenvalue weighted by atomic mass is 10.00. The van der Waals surface area contributed by atoms with Crippen molar-refractivity contribution in [1.29, 1.82) is 0 Å². The fourth-order valence-electron chi connectivity index (χ4n) is 3.74. The van der Waals surface area contributed by atoms with Crippen molar-refractivity contribution in [3.8, 4) is 11.3 Å². The Bertz CT molecular complexity index is 1280. The van der Waals surface area contributed by atoms with Crippen molar-refractivity contribution in [2.45, 2.75) is 13.3 Å². The van der Waals surface area contributed by atoms with Gasteiger partial charge in [-0.25, -0.2) is 19.3 Å². The van der Waals surface area contributed by atoms with E-state index in [0.29, 0.717) is 12.1 Å². The summed E-state index contributed by atoms with van der Waals surface area (Å²) in [6, 6.07) is 5.93. The molecule has 1 N–H and O–H groups in total. The van der Waals surface area contributed by atoms with Crippen LogP contribution in [0.15, 0.2) is 61.0 Å². The van der Waals surface area contributed by atoms with Crippen LogP contribution in [0.25, 0.3) is 33.3 Å². The number of nitrogens with zero attached hydrogens (tertiary/aromatic N) is 6. The maximum atomic E-state index is 13.2. The first-order chi connectivity index (χ1) is 14.7. The van der Waals surface area contributed by atoms with Gasteiger partial charge in [0, 0.05) is 18.7 Å². The molecule has 1 aliphatic carbocycles. The van der Waals surface area contributed by atoms with Crippen LogP contribution in [0.1, 0.15) is 13.3 Å². The summed E-state index contributed by atoms with van der Waals surface area (Å²) in [5.41, 5.74) is 4.06. The van der Waals surface area contributed by atoms with Gasteiger partial charge in [0.1, 0.15) is 18.0 Å². The number of aromatic nitrogens is 6. The number of hydrogen-bond donors (Lipinski definition) is 1. The number of hydrogen-bond acceptors (Lipinski definition) is 6. The second-order valence-corrected chi connectivity index (χ2v) is 7.27. The van der Waals surface area contributed by atoms with E-state index in [-0.39, 0.29) is 11.7 Å². The van der Waals surface area contributed by atoms with Crippen LogP contribution in [0.4, 0.5) is 10.2 Å². The number of halogens is 1. The highest BCUT2D eigenvalue weighted by atomic mass is 19.1. The third-order valence-electron chi connectivity index (χ3n) is 5.35. The second kappa shape index (κ2) is 7.62. The molecule has 1 aliphatic rings. The van der Waals surface area contributed by atoms with Crippen molar-refractivity contribution in [1.82, 2.24) is 30.1 Å². The molecule has 4 aromatic rings. The van der Waals surface area contributed by atoms with E-state index in [2.05, 4.69) is 37.0 Å². The van der Waals surface area contributed by atoms with Gasteiger partial charge in [-0.1, -0.05) is 12.1 Å². The fourth-order valence-corrected chi connectivity index (χ4v) is 3.74. The summed E-state index contributed by atoms with van der Waals surface area (Å²) >= 11 is 0. The molecule has 0 saturated heterocycles. The van der Waals surface area contributed by atoms with Crippen molar-refractivity contribution in [2.24, 2.45) is 5.92 Å². The third-order valence-corrected chi connectivity index (χ3v) is 5.35. The molecule has 0 saturated carbocycles. The summed E-state index contributed by atoms with van der Waals surface area (Å²) in [4.78, 5) is 20.2. The molecule has 8 heteroatoms. The number of rotatable bonds is 5. The Morgan fingerprint density at radius 3 is 2.93 bits per heavy atom. The molecule has 0 spiro atoms. The fraction of sp³-hybridized carbons (Fsp3) is 0.227. The molecule has 3 aromatic heterocycles. The van der Waals surface area contributed by atoms with Gasteiger partial charge in [-0.15, -0.1) is 0 Å². The van der Waals surface area contributed by atoms with Crippen molar-refractivity contribution < 1.29 is 4.39 Å². The van der Waals surface area contributed by atoms with Crippen molar-refractivity contribution in [3.05, 3.63) is 61.0 Å². The maximum Gasteiger partial charge on any atom is 0.159 e. The minimum absolute atomic E-state index is 0.160. The summed E-state index contributed by atoms with van der Waals surface area (Å²) in [5.74, 6) is 0.923. The number of allylic oxidation sites excluding steroid dienone is 3. The highest BCUT2D eigenvalue weighted by Crippen LogP contribution is 2.27. The SMILES string of the molecule is CCN(CC1C=CC(F)=CC1)c1cnc2cc(-c3ncnc4[nH]ncc34)ccc2n1. The van der Waals surface area contributed by atoms with Crippen LogP contribution >= 0.6 is 0 Å². The molecule has 0 amide bonds. The molecule has 7 nitrogen and oxygen atoms in total. The average Bonchev–Trinajstić information content (AvgIpc) is 3.27. The molecule has 1 atom stereocenters. The average molecular weight is 401 g/mol. The van der Waals surface area contributed by atoms with Crippen LogP contribution in [0.3, 0.4) is 0 Å². The summed E-state index contributed by atoms with van der Waals surface area (Å²) < 4.78 is 13.2. The topological polar surface area (TPSA) is 83.5 Å². The zero-order chi connectivity index (χ0) is 20.5. The first-order valence-electron chi connectivity index (χ1n) is 9.91. The summed E-state index contributed by atoms with van der Waals surface area (Å²) in [5, 5.41) is 7.78. The minimum Gasteiger partial charge on any atom is -0.355 e. The Morgan fingerprint density at radius 2 is 2.10 bits per heavy atom. The molecule has 0 aliphatic heterocycles. The van der Waals surface area contributed by atoms with E-state index in [1.54, 1.807) is 24.5 Å². The van der Waals surface area contributed by atoms with Crippen LogP contribution in [0.2, 0.25) is 0 Å². The van der Waals surface area contributed by atoms with Gasteiger partial charge in [0.2, 0.25) is 0 Å². The quantitative estimate of drug-likeness (QED) is 0.539. The lowest BCUT2D eigenvalue weighted by molar-refractivity contribution is 0.584. The van der Waals surface area contributed by atoms with Gasteiger partial charge in [0.25, 0.3) is 0 Å². The number of aromatic amines is 1. The van der Waals surface area contributed by atoms with Crippen LogP contribution in [0, 0.1) is 5.92 Å². The molecule has 0 bridgehead atoms. The van der Waals surface area contributed by atoms with Gasteiger partial charge in [0.05, 0.1) is 34.5 Å². The monoisotopic (exact) mass is 401 g/mol. The summed E-state index contributed by atoms with van der Waals surface area (Å²) in [7, 11) is 0. The number of fused-ring (bicyclic) bond motifs is 2. The number of benzene rings is 1. The van der Waals surface area contributed by atoms with E-state index in [1.165, 1.54) is 6.33 Å². The standard InChI is InChI=1S/C22H20FN7/c1-2-30(12-14-3-6-16(23)7-4-14)20-11-24-19-9-15(5-8-18(19)28-20)21-17-10-27-29-22(17)26-13-25-21/h3,5-11,13-14H,2,4,12H2,1H3,(H,25,26,27,29). The molecule has 1 aromatic carbocycles. The van der Waals surface area contributed by atoms with E-state index in [1.807, 2.05) is 24.3 Å². The Balaban J connectivity index is 1.44. The van der Waals surface area contributed by atoms with E-state index < -0.39 is 0 Å². The van der Waals surface area contributed by atoms with Crippen LogP contribution in [-0.2, 0) is 0 Å². The number of anilines is 1. The summed E-state index contributed by atoms with van der Waals surface area (Å²) in [6.45, 7) is 3.66. The normalized spacial score (nSPS) is 16.2. The van der Waals surface area contributed by atoms with Crippen molar-refractivity contribution in [2.75, 3.05) is 18.0 Å². The van der Waals surface area contributed by atoms with E-state index >= 15 is 0 Å². The van der Waals surface area contributed by atoms with Crippen LogP contribution in [0.5, 0.6) is 0 Å². The van der Waals surface area contributed by atoms with Crippen LogP contribution < -0.4 is 4.90 Å². The molecule has 5 rings (SSSR count). The van der Waals surface area contributed by atoms with Gasteiger partial charge in [-0.05, 0) is 43.5 Å². The van der Waals surface area contributed by atoms with E-state index in [9.17, 15) is 4.39 Å². The predicted octanol–water partition coefficient (Wildman–Crippen LogP) is 4.22. The molecule has 3 heterocycles. The molecule has 150 valence electrons. The Kier molecular flexibility index (Phi) is 4.66. The molecular weight excluding hydrogens is 381 g/mol. The predicted molar refractivity (Wildman–Crippen MR) is 115 cm³/mol. The van der Waals surface area contributed by atoms with Crippen LogP contribution in [-0.4, -0.2) is 43.2 Å².